The fourth-order valence-electron chi connectivity index (χ4n) is 6.65. The van der Waals surface area contributed by atoms with Crippen molar-refractivity contribution in [3.05, 3.63) is 57.6 Å². The van der Waals surface area contributed by atoms with Gasteiger partial charge >= 0.3 is 0 Å². The number of rotatable bonds is 20. The number of methoxy groups -OCH3 is 4. The van der Waals surface area contributed by atoms with Gasteiger partial charge < -0.3 is 33.4 Å². The third-order valence-corrected chi connectivity index (χ3v) is 9.51. The first-order valence-electron chi connectivity index (χ1n) is 16.9. The summed E-state index contributed by atoms with van der Waals surface area (Å²) in [4.78, 5) is 30.5. The highest BCUT2D eigenvalue weighted by molar-refractivity contribution is 5.76. The topological polar surface area (TPSA) is 158 Å². The average Bonchev–Trinajstić information content (AvgIpc) is 3.08. The Labute approximate surface area is 295 Å². The molecule has 1 heterocycles. The number of hydrazine groups is 1. The molecule has 3 rings (SSSR count). The molecule has 14 heteroatoms. The molecule has 1 saturated heterocycles. The Balaban J connectivity index is 1.70. The van der Waals surface area contributed by atoms with Gasteiger partial charge in [-0.2, -0.15) is 5.26 Å². The van der Waals surface area contributed by atoms with Crippen LogP contribution >= 0.6 is 0 Å². The van der Waals surface area contributed by atoms with E-state index < -0.39 is 22.7 Å². The van der Waals surface area contributed by atoms with Crippen molar-refractivity contribution in [2.45, 2.75) is 64.1 Å². The van der Waals surface area contributed by atoms with Crippen LogP contribution in [0.15, 0.2) is 36.4 Å². The molecular formula is C36H53N5O9. The molecule has 2 aromatic carbocycles. The van der Waals surface area contributed by atoms with Gasteiger partial charge in [-0.05, 0) is 81.4 Å². The molecule has 0 aromatic heterocycles. The lowest BCUT2D eigenvalue weighted by Crippen LogP contribution is -2.56. The van der Waals surface area contributed by atoms with Crippen LogP contribution < -0.4 is 24.4 Å². The second-order valence-corrected chi connectivity index (χ2v) is 13.0. The Hall–Kier alpha value is -4.32. The van der Waals surface area contributed by atoms with Gasteiger partial charge in [-0.25, -0.2) is 5.01 Å². The molecular weight excluding hydrogens is 646 g/mol. The smallest absolute Gasteiger partial charge is 0.294 e. The van der Waals surface area contributed by atoms with Crippen LogP contribution in [0.1, 0.15) is 51.2 Å². The van der Waals surface area contributed by atoms with Crippen molar-refractivity contribution in [3.63, 3.8) is 0 Å². The number of benzene rings is 2. The first kappa shape index (κ1) is 40.1. The minimum absolute atomic E-state index is 0.0240. The average molecular weight is 700 g/mol. The molecule has 2 aromatic rings. The van der Waals surface area contributed by atoms with Crippen LogP contribution in [0.2, 0.25) is 0 Å². The van der Waals surface area contributed by atoms with Crippen molar-refractivity contribution >= 4 is 5.91 Å². The lowest BCUT2D eigenvalue weighted by molar-refractivity contribution is -0.770. The van der Waals surface area contributed by atoms with Crippen molar-refractivity contribution in [2.24, 2.45) is 11.8 Å². The van der Waals surface area contributed by atoms with Crippen LogP contribution in [0.4, 0.5) is 0 Å². The first-order chi connectivity index (χ1) is 23.9. The lowest BCUT2D eigenvalue weighted by Gasteiger charge is -2.40. The van der Waals surface area contributed by atoms with Gasteiger partial charge in [-0.15, -0.1) is 10.1 Å². The lowest BCUT2D eigenvalue weighted by atomic mass is 9.69. The van der Waals surface area contributed by atoms with Gasteiger partial charge in [0.15, 0.2) is 11.5 Å². The number of nitrogens with zero attached hydrogens (tertiary/aromatic N) is 4. The number of hydrogen-bond acceptors (Lipinski definition) is 12. The van der Waals surface area contributed by atoms with E-state index in [1.165, 1.54) is 7.11 Å². The first-order valence-corrected chi connectivity index (χ1v) is 16.9. The van der Waals surface area contributed by atoms with E-state index >= 15 is 0 Å². The van der Waals surface area contributed by atoms with Crippen molar-refractivity contribution in [1.82, 2.24) is 15.3 Å². The van der Waals surface area contributed by atoms with E-state index in [4.69, 9.17) is 28.5 Å². The molecule has 0 aliphatic carbocycles. The number of para-hydroxylation sites is 1. The Bertz CT molecular complexity index is 1430. The predicted octanol–water partition coefficient (Wildman–Crippen LogP) is 4.43. The van der Waals surface area contributed by atoms with Crippen molar-refractivity contribution in [2.75, 3.05) is 68.3 Å². The largest absolute Gasteiger partial charge is 0.493 e. The number of piperidine rings is 1. The second kappa shape index (κ2) is 19.2. The summed E-state index contributed by atoms with van der Waals surface area (Å²) in [6.07, 6.45) is 1.45. The normalized spacial score (nSPS) is 18.1. The molecule has 4 atom stereocenters. The molecule has 1 fully saturated rings. The molecule has 0 radical (unpaired) electrons. The quantitative estimate of drug-likeness (QED) is 0.153. The number of amides is 1. The van der Waals surface area contributed by atoms with Crippen molar-refractivity contribution in [1.29, 1.82) is 5.26 Å². The number of nitriles is 1. The number of carbonyl (C=O) groups excluding carboxylic acids is 1. The molecule has 1 aliphatic rings. The van der Waals surface area contributed by atoms with Gasteiger partial charge in [0.1, 0.15) is 24.6 Å². The highest BCUT2D eigenvalue weighted by Crippen LogP contribution is 2.45. The highest BCUT2D eigenvalue weighted by Gasteiger charge is 2.38. The molecule has 0 bridgehead atoms. The SMILES string of the molecule is COCC(=O)NN1CCC(C(C)O[N+](=O)[O-])C(Oc2ccccc2CCN(C)CCCC(C#N)(c2cc(OC)c(OC)c(OC)c2)C(C)C)C1. The summed E-state index contributed by atoms with van der Waals surface area (Å²) in [5.74, 6) is 1.66. The van der Waals surface area contributed by atoms with Gasteiger partial charge in [0.05, 0.1) is 39.4 Å². The number of likely N-dealkylation sites (N-methyl/N-ethyl adjacent to an activating group) is 1. The molecule has 0 saturated carbocycles. The number of carbonyl (C=O) groups is 1. The van der Waals surface area contributed by atoms with Crippen LogP contribution in [0.5, 0.6) is 23.0 Å². The molecule has 14 nitrogen and oxygen atoms in total. The predicted molar refractivity (Wildman–Crippen MR) is 187 cm³/mol. The Kier molecular flexibility index (Phi) is 15.4. The van der Waals surface area contributed by atoms with Crippen LogP contribution in [-0.4, -0.2) is 101 Å². The maximum absolute atomic E-state index is 12.2. The summed E-state index contributed by atoms with van der Waals surface area (Å²) < 4.78 is 28.2. The minimum atomic E-state index is -0.773. The summed E-state index contributed by atoms with van der Waals surface area (Å²) in [5.41, 5.74) is 3.88. The van der Waals surface area contributed by atoms with E-state index in [-0.39, 0.29) is 24.3 Å². The Morgan fingerprint density at radius 2 is 1.78 bits per heavy atom. The number of nitrogens with one attached hydrogen (secondary N) is 1. The van der Waals surface area contributed by atoms with Gasteiger partial charge in [-0.1, -0.05) is 32.0 Å². The molecule has 0 spiro atoms. The minimum Gasteiger partial charge on any atom is -0.493 e. The summed E-state index contributed by atoms with van der Waals surface area (Å²) in [5, 5.41) is 22.7. The van der Waals surface area contributed by atoms with Crippen LogP contribution in [-0.2, 0) is 26.2 Å². The Morgan fingerprint density at radius 3 is 2.36 bits per heavy atom. The fourth-order valence-corrected chi connectivity index (χ4v) is 6.65. The highest BCUT2D eigenvalue weighted by atomic mass is 17.0. The van der Waals surface area contributed by atoms with Crippen LogP contribution in [0.25, 0.3) is 0 Å². The maximum Gasteiger partial charge on any atom is 0.294 e. The summed E-state index contributed by atoms with van der Waals surface area (Å²) in [6, 6.07) is 14.1. The zero-order valence-electron chi connectivity index (χ0n) is 30.6. The summed E-state index contributed by atoms with van der Waals surface area (Å²) >= 11 is 0. The van der Waals surface area contributed by atoms with E-state index in [1.807, 2.05) is 36.4 Å². The van der Waals surface area contributed by atoms with Gasteiger partial charge in [-0.3, -0.25) is 10.2 Å². The van der Waals surface area contributed by atoms with Gasteiger partial charge in [0, 0.05) is 26.1 Å². The van der Waals surface area contributed by atoms with E-state index in [2.05, 4.69) is 37.3 Å². The third kappa shape index (κ3) is 10.3. The molecule has 1 amide bonds. The van der Waals surface area contributed by atoms with Gasteiger partial charge in [0.2, 0.25) is 5.75 Å². The number of ether oxygens (including phenoxy) is 5. The number of hydrogen-bond donors (Lipinski definition) is 1. The van der Waals surface area contributed by atoms with E-state index in [0.29, 0.717) is 55.4 Å². The summed E-state index contributed by atoms with van der Waals surface area (Å²) in [6.45, 7) is 8.01. The Morgan fingerprint density at radius 1 is 1.10 bits per heavy atom. The zero-order chi connectivity index (χ0) is 36.8. The van der Waals surface area contributed by atoms with E-state index in [9.17, 15) is 20.2 Å². The fraction of sp³-hybridized carbons (Fsp3) is 0.611. The molecule has 4 unspecified atom stereocenters. The van der Waals surface area contributed by atoms with Crippen molar-refractivity contribution < 1.29 is 38.4 Å². The molecule has 1 aliphatic heterocycles. The molecule has 1 N–H and O–H groups in total. The monoisotopic (exact) mass is 699 g/mol. The van der Waals surface area contributed by atoms with Crippen molar-refractivity contribution in [3.8, 4) is 29.1 Å². The van der Waals surface area contributed by atoms with E-state index in [0.717, 1.165) is 30.6 Å². The second-order valence-electron chi connectivity index (χ2n) is 13.0. The van der Waals surface area contributed by atoms with Crippen LogP contribution in [0, 0.1) is 33.3 Å². The van der Waals surface area contributed by atoms with Crippen LogP contribution in [0.3, 0.4) is 0 Å². The molecule has 276 valence electrons. The molecule has 50 heavy (non-hydrogen) atoms. The van der Waals surface area contributed by atoms with E-state index in [1.54, 1.807) is 33.3 Å². The van der Waals surface area contributed by atoms with Gasteiger partial charge in [0.25, 0.3) is 11.0 Å². The maximum atomic E-state index is 12.2. The summed E-state index contributed by atoms with van der Waals surface area (Å²) in [7, 11) is 8.20. The standard InChI is InChI=1S/C36H53N5O9/c1-25(2)36(24-37,28-20-31(46-6)35(48-8)32(21-28)47-7)16-11-17-39(4)18-14-27-12-9-10-13-30(27)49-33-22-40(38-34(42)23-45-5)19-15-29(33)26(3)50-41(43)44/h9-10,12-13,20-21,25-26,29,33H,11,14-19,22-23H2,1-8H3,(H,38,42). The zero-order valence-corrected chi connectivity index (χ0v) is 30.6. The third-order valence-electron chi connectivity index (χ3n) is 9.51.